The molecule has 0 atom stereocenters. The van der Waals surface area contributed by atoms with E-state index >= 15 is 0 Å². The Kier molecular flexibility index (Phi) is 3.86. The Bertz CT molecular complexity index is 610. The number of rotatable bonds is 2. The summed E-state index contributed by atoms with van der Waals surface area (Å²) in [5.41, 5.74) is 3.07. The van der Waals surface area contributed by atoms with Gasteiger partial charge in [0, 0.05) is 11.3 Å². The van der Waals surface area contributed by atoms with Crippen molar-refractivity contribution in [3.63, 3.8) is 0 Å². The van der Waals surface area contributed by atoms with E-state index in [-0.39, 0.29) is 6.42 Å². The first-order valence-electron chi connectivity index (χ1n) is 5.41. The van der Waals surface area contributed by atoms with Crippen molar-refractivity contribution in [3.8, 4) is 17.3 Å². The Labute approximate surface area is 116 Å². The molecule has 0 aliphatic carbocycles. The molecule has 1 aromatic heterocycles. The fourth-order valence-corrected chi connectivity index (χ4v) is 2.33. The molecule has 0 radical (unpaired) electrons. The van der Waals surface area contributed by atoms with E-state index in [1.807, 2.05) is 19.1 Å². The van der Waals surface area contributed by atoms with Gasteiger partial charge in [-0.25, -0.2) is 0 Å². The lowest BCUT2D eigenvalue weighted by atomic mass is 10.0. The van der Waals surface area contributed by atoms with Crippen LogP contribution in [0.2, 0.25) is 10.0 Å². The summed E-state index contributed by atoms with van der Waals surface area (Å²) in [5.74, 6) is 0. The minimum absolute atomic E-state index is 0.282. The van der Waals surface area contributed by atoms with Gasteiger partial charge in [0.05, 0.1) is 28.2 Å². The second kappa shape index (κ2) is 5.39. The van der Waals surface area contributed by atoms with Crippen LogP contribution in [0.15, 0.2) is 30.3 Å². The molecule has 2 nitrogen and oxygen atoms in total. The van der Waals surface area contributed by atoms with Crippen molar-refractivity contribution in [2.75, 3.05) is 0 Å². The zero-order chi connectivity index (χ0) is 13.1. The van der Waals surface area contributed by atoms with Gasteiger partial charge >= 0.3 is 0 Å². The lowest BCUT2D eigenvalue weighted by Crippen LogP contribution is -1.96. The van der Waals surface area contributed by atoms with Gasteiger partial charge in [0.15, 0.2) is 0 Å². The van der Waals surface area contributed by atoms with Crippen LogP contribution in [0.5, 0.6) is 0 Å². The molecule has 1 heterocycles. The first-order chi connectivity index (χ1) is 8.63. The number of pyridine rings is 1. The number of benzene rings is 1. The van der Waals surface area contributed by atoms with E-state index in [9.17, 15) is 0 Å². The van der Waals surface area contributed by atoms with Crippen LogP contribution in [-0.2, 0) is 6.42 Å². The Hall–Kier alpha value is -1.56. The molecule has 90 valence electrons. The summed E-state index contributed by atoms with van der Waals surface area (Å²) in [6.07, 6.45) is 0.282. The lowest BCUT2D eigenvalue weighted by Gasteiger charge is -2.10. The molecular formula is C14H10Cl2N2. The molecule has 0 fully saturated rings. The highest BCUT2D eigenvalue weighted by Crippen LogP contribution is 2.35. The van der Waals surface area contributed by atoms with Crippen LogP contribution in [0, 0.1) is 18.3 Å². The van der Waals surface area contributed by atoms with Crippen LogP contribution in [0.3, 0.4) is 0 Å². The Morgan fingerprint density at radius 1 is 1.17 bits per heavy atom. The second-order valence-electron chi connectivity index (χ2n) is 3.89. The third-order valence-corrected chi connectivity index (χ3v) is 3.22. The van der Waals surface area contributed by atoms with Gasteiger partial charge < -0.3 is 0 Å². The van der Waals surface area contributed by atoms with Crippen molar-refractivity contribution in [1.82, 2.24) is 4.98 Å². The van der Waals surface area contributed by atoms with Crippen LogP contribution in [0.25, 0.3) is 11.3 Å². The summed E-state index contributed by atoms with van der Waals surface area (Å²) in [4.78, 5) is 4.46. The number of aromatic nitrogens is 1. The second-order valence-corrected chi connectivity index (χ2v) is 4.71. The number of hydrogen-bond donors (Lipinski definition) is 0. The molecular weight excluding hydrogens is 267 g/mol. The van der Waals surface area contributed by atoms with Crippen molar-refractivity contribution in [2.45, 2.75) is 13.3 Å². The highest BCUT2D eigenvalue weighted by atomic mass is 35.5. The molecule has 0 spiro atoms. The summed E-state index contributed by atoms with van der Waals surface area (Å²) >= 11 is 12.4. The maximum absolute atomic E-state index is 8.86. The highest BCUT2D eigenvalue weighted by molar-refractivity contribution is 6.39. The molecule has 0 saturated heterocycles. The summed E-state index contributed by atoms with van der Waals surface area (Å²) < 4.78 is 0. The minimum atomic E-state index is 0.282. The predicted molar refractivity (Wildman–Crippen MR) is 73.7 cm³/mol. The molecule has 4 heteroatoms. The quantitative estimate of drug-likeness (QED) is 0.814. The van der Waals surface area contributed by atoms with Gasteiger partial charge in [-0.3, -0.25) is 4.98 Å². The van der Waals surface area contributed by atoms with E-state index in [1.165, 1.54) is 0 Å². The summed E-state index contributed by atoms with van der Waals surface area (Å²) in [6, 6.07) is 11.2. The molecule has 0 amide bonds. The molecule has 0 aliphatic rings. The molecule has 1 aromatic carbocycles. The fourth-order valence-electron chi connectivity index (χ4n) is 1.75. The lowest BCUT2D eigenvalue weighted by molar-refractivity contribution is 1.14. The number of nitrogens with zero attached hydrogens (tertiary/aromatic N) is 2. The fraction of sp³-hybridized carbons (Fsp3) is 0.143. The Morgan fingerprint density at radius 2 is 1.83 bits per heavy atom. The largest absolute Gasteiger partial charge is 0.253 e. The van der Waals surface area contributed by atoms with Gasteiger partial charge in [-0.15, -0.1) is 0 Å². The van der Waals surface area contributed by atoms with Crippen molar-refractivity contribution >= 4 is 23.2 Å². The van der Waals surface area contributed by atoms with Crippen LogP contribution in [-0.4, -0.2) is 4.98 Å². The maximum Gasteiger partial charge on any atom is 0.0777 e. The Balaban J connectivity index is 2.70. The smallest absolute Gasteiger partial charge is 0.0777 e. The average Bonchev–Trinajstić information content (AvgIpc) is 2.32. The zero-order valence-electron chi connectivity index (χ0n) is 9.74. The topological polar surface area (TPSA) is 36.7 Å². The molecule has 0 saturated carbocycles. The first-order valence-corrected chi connectivity index (χ1v) is 6.17. The number of aryl methyl sites for hydroxylation is 1. The molecule has 18 heavy (non-hydrogen) atoms. The van der Waals surface area contributed by atoms with E-state index in [2.05, 4.69) is 11.1 Å². The van der Waals surface area contributed by atoms with Crippen LogP contribution in [0.1, 0.15) is 11.3 Å². The average molecular weight is 277 g/mol. The van der Waals surface area contributed by atoms with E-state index in [0.29, 0.717) is 21.3 Å². The molecule has 0 N–H and O–H groups in total. The van der Waals surface area contributed by atoms with Crippen molar-refractivity contribution in [1.29, 1.82) is 5.26 Å². The molecule has 2 rings (SSSR count). The number of halogens is 2. The molecule has 2 aromatic rings. The normalized spacial score (nSPS) is 10.1. The minimum Gasteiger partial charge on any atom is -0.253 e. The summed E-state index contributed by atoms with van der Waals surface area (Å²) in [7, 11) is 0. The van der Waals surface area contributed by atoms with E-state index in [4.69, 9.17) is 28.5 Å². The Morgan fingerprint density at radius 3 is 2.44 bits per heavy atom. The van der Waals surface area contributed by atoms with Crippen LogP contribution in [0.4, 0.5) is 0 Å². The monoisotopic (exact) mass is 276 g/mol. The number of nitriles is 1. The van der Waals surface area contributed by atoms with Gasteiger partial charge in [0.2, 0.25) is 0 Å². The first kappa shape index (κ1) is 12.9. The van der Waals surface area contributed by atoms with E-state index < -0.39 is 0 Å². The predicted octanol–water partition coefficient (Wildman–Crippen LogP) is 4.43. The van der Waals surface area contributed by atoms with Crippen molar-refractivity contribution in [2.24, 2.45) is 0 Å². The third kappa shape index (κ3) is 2.48. The van der Waals surface area contributed by atoms with Gasteiger partial charge in [-0.2, -0.15) is 5.26 Å². The van der Waals surface area contributed by atoms with Crippen LogP contribution < -0.4 is 0 Å². The van der Waals surface area contributed by atoms with Crippen LogP contribution >= 0.6 is 23.2 Å². The molecule has 0 aliphatic heterocycles. The SMILES string of the molecule is Cc1ccc(CC#N)c(-c2c(Cl)cccc2Cl)n1. The summed E-state index contributed by atoms with van der Waals surface area (Å²) in [5, 5.41) is 9.94. The third-order valence-electron chi connectivity index (χ3n) is 2.59. The summed E-state index contributed by atoms with van der Waals surface area (Å²) in [6.45, 7) is 1.89. The highest BCUT2D eigenvalue weighted by Gasteiger charge is 2.14. The van der Waals surface area contributed by atoms with Gasteiger partial charge in [0.1, 0.15) is 0 Å². The van der Waals surface area contributed by atoms with Crippen molar-refractivity contribution < 1.29 is 0 Å². The van der Waals surface area contributed by atoms with Gasteiger partial charge in [-0.1, -0.05) is 35.3 Å². The van der Waals surface area contributed by atoms with E-state index in [1.54, 1.807) is 18.2 Å². The van der Waals surface area contributed by atoms with E-state index in [0.717, 1.165) is 11.3 Å². The van der Waals surface area contributed by atoms with Gasteiger partial charge in [0.25, 0.3) is 0 Å². The molecule has 0 bridgehead atoms. The van der Waals surface area contributed by atoms with Gasteiger partial charge in [-0.05, 0) is 30.7 Å². The number of hydrogen-bond acceptors (Lipinski definition) is 2. The molecule has 0 unspecified atom stereocenters. The van der Waals surface area contributed by atoms with Crippen molar-refractivity contribution in [3.05, 3.63) is 51.6 Å². The zero-order valence-corrected chi connectivity index (χ0v) is 11.3. The maximum atomic E-state index is 8.86. The standard InChI is InChI=1S/C14H10Cl2N2/c1-9-5-6-10(7-8-17)14(18-9)13-11(15)3-2-4-12(13)16/h2-6H,7H2,1H3.